The molecule has 0 amide bonds. The summed E-state index contributed by atoms with van der Waals surface area (Å²) in [5.74, 6) is 0. The summed E-state index contributed by atoms with van der Waals surface area (Å²) < 4.78 is 6.85. The third-order valence-electron chi connectivity index (χ3n) is 2.88. The number of ether oxygens (including phenoxy) is 1. The van der Waals surface area contributed by atoms with Crippen LogP contribution in [0.4, 0.5) is 11.4 Å². The van der Waals surface area contributed by atoms with Crippen molar-refractivity contribution in [3.8, 4) is 0 Å². The van der Waals surface area contributed by atoms with E-state index in [0.717, 1.165) is 22.5 Å². The Hall–Kier alpha value is -1.92. The van der Waals surface area contributed by atoms with Crippen LogP contribution in [0.15, 0.2) is 30.6 Å². The second-order valence-electron chi connectivity index (χ2n) is 4.52. The Morgan fingerprint density at radius 3 is 3.00 bits per heavy atom. The lowest BCUT2D eigenvalue weighted by atomic mass is 10.1. The lowest BCUT2D eigenvalue weighted by Crippen LogP contribution is -2.12. The summed E-state index contributed by atoms with van der Waals surface area (Å²) in [4.78, 5) is 0.374. The van der Waals surface area contributed by atoms with E-state index in [1.807, 2.05) is 36.0 Å². The second-order valence-corrected chi connectivity index (χ2v) is 4.96. The molecule has 0 saturated carbocycles. The Morgan fingerprint density at radius 1 is 1.50 bits per heavy atom. The highest BCUT2D eigenvalue weighted by Crippen LogP contribution is 2.22. The van der Waals surface area contributed by atoms with Gasteiger partial charge >= 0.3 is 0 Å². The standard InChI is InChI=1S/C14H18N4OS/c1-10-3-4-12(14(15)20)13(7-10)17-11-8-16-18(9-11)5-6-19-2/h3-4,7-9,17H,5-6H2,1-2H3,(H2,15,20). The van der Waals surface area contributed by atoms with E-state index in [9.17, 15) is 0 Å². The van der Waals surface area contributed by atoms with Gasteiger partial charge in [-0.15, -0.1) is 0 Å². The average Bonchev–Trinajstić information content (AvgIpc) is 2.83. The Morgan fingerprint density at radius 2 is 2.30 bits per heavy atom. The first kappa shape index (κ1) is 14.5. The Bertz CT molecular complexity index is 609. The quantitative estimate of drug-likeness (QED) is 0.799. The molecule has 0 aliphatic rings. The number of hydrogen-bond donors (Lipinski definition) is 2. The fraction of sp³-hybridized carbons (Fsp3) is 0.286. The molecule has 5 nitrogen and oxygen atoms in total. The largest absolute Gasteiger partial charge is 0.389 e. The van der Waals surface area contributed by atoms with Crippen LogP contribution in [0, 0.1) is 6.92 Å². The lowest BCUT2D eigenvalue weighted by Gasteiger charge is -2.10. The monoisotopic (exact) mass is 290 g/mol. The number of nitrogens with zero attached hydrogens (tertiary/aromatic N) is 2. The molecule has 1 aromatic heterocycles. The van der Waals surface area contributed by atoms with E-state index in [-0.39, 0.29) is 0 Å². The number of anilines is 2. The first-order valence-electron chi connectivity index (χ1n) is 6.29. The van der Waals surface area contributed by atoms with Crippen LogP contribution in [0.3, 0.4) is 0 Å². The van der Waals surface area contributed by atoms with Gasteiger partial charge in [0.05, 0.1) is 25.0 Å². The van der Waals surface area contributed by atoms with E-state index >= 15 is 0 Å². The highest BCUT2D eigenvalue weighted by molar-refractivity contribution is 7.80. The minimum absolute atomic E-state index is 0.374. The zero-order chi connectivity index (χ0) is 14.5. The summed E-state index contributed by atoms with van der Waals surface area (Å²) in [6.07, 6.45) is 3.69. The van der Waals surface area contributed by atoms with Crippen LogP contribution in [0.2, 0.25) is 0 Å². The van der Waals surface area contributed by atoms with Crippen LogP contribution in [0.25, 0.3) is 0 Å². The first-order valence-corrected chi connectivity index (χ1v) is 6.70. The first-order chi connectivity index (χ1) is 9.60. The number of nitrogens with one attached hydrogen (secondary N) is 1. The molecule has 0 fully saturated rings. The molecule has 20 heavy (non-hydrogen) atoms. The molecule has 0 aliphatic heterocycles. The van der Waals surface area contributed by atoms with Crippen molar-refractivity contribution >= 4 is 28.6 Å². The van der Waals surface area contributed by atoms with Crippen molar-refractivity contribution in [2.24, 2.45) is 5.73 Å². The van der Waals surface area contributed by atoms with Crippen LogP contribution >= 0.6 is 12.2 Å². The number of thiocarbonyl (C=S) groups is 1. The van der Waals surface area contributed by atoms with Crippen molar-refractivity contribution < 1.29 is 4.74 Å². The van der Waals surface area contributed by atoms with Crippen LogP contribution < -0.4 is 11.1 Å². The fourth-order valence-electron chi connectivity index (χ4n) is 1.87. The molecule has 0 radical (unpaired) electrons. The lowest BCUT2D eigenvalue weighted by molar-refractivity contribution is 0.183. The van der Waals surface area contributed by atoms with E-state index in [1.165, 1.54) is 0 Å². The van der Waals surface area contributed by atoms with Crippen molar-refractivity contribution in [1.82, 2.24) is 9.78 Å². The number of benzene rings is 1. The Labute approximate surface area is 123 Å². The van der Waals surface area contributed by atoms with Crippen molar-refractivity contribution in [2.75, 3.05) is 19.0 Å². The van der Waals surface area contributed by atoms with Crippen molar-refractivity contribution in [3.63, 3.8) is 0 Å². The number of aryl methyl sites for hydroxylation is 1. The molecule has 0 aliphatic carbocycles. The fourth-order valence-corrected chi connectivity index (χ4v) is 2.05. The maximum Gasteiger partial charge on any atom is 0.106 e. The molecule has 2 aromatic rings. The zero-order valence-electron chi connectivity index (χ0n) is 11.6. The molecule has 0 bridgehead atoms. The SMILES string of the molecule is COCCn1cc(Nc2cc(C)ccc2C(N)=S)cn1. The normalized spacial score (nSPS) is 10.5. The molecule has 0 unspecified atom stereocenters. The van der Waals surface area contributed by atoms with Crippen LogP contribution in [0.1, 0.15) is 11.1 Å². The molecule has 0 saturated heterocycles. The zero-order valence-corrected chi connectivity index (χ0v) is 12.4. The number of methoxy groups -OCH3 is 1. The Kier molecular flexibility index (Phi) is 4.70. The third-order valence-corrected chi connectivity index (χ3v) is 3.10. The Balaban J connectivity index is 2.19. The van der Waals surface area contributed by atoms with Gasteiger partial charge in [0, 0.05) is 24.6 Å². The van der Waals surface area contributed by atoms with Crippen LogP contribution in [-0.2, 0) is 11.3 Å². The smallest absolute Gasteiger partial charge is 0.106 e. The van der Waals surface area contributed by atoms with Crippen molar-refractivity contribution in [2.45, 2.75) is 13.5 Å². The van der Waals surface area contributed by atoms with Gasteiger partial charge in [0.2, 0.25) is 0 Å². The second kappa shape index (κ2) is 6.49. The van der Waals surface area contributed by atoms with Gasteiger partial charge in [-0.1, -0.05) is 18.3 Å². The highest BCUT2D eigenvalue weighted by atomic mass is 32.1. The average molecular weight is 290 g/mol. The van der Waals surface area contributed by atoms with Crippen molar-refractivity contribution in [1.29, 1.82) is 0 Å². The number of hydrogen-bond acceptors (Lipinski definition) is 4. The van der Waals surface area contributed by atoms with Crippen LogP contribution in [-0.4, -0.2) is 28.5 Å². The summed E-state index contributed by atoms with van der Waals surface area (Å²) in [7, 11) is 1.67. The maximum absolute atomic E-state index is 5.74. The molecule has 0 atom stereocenters. The molecular formula is C14H18N4OS. The summed E-state index contributed by atoms with van der Waals surface area (Å²) in [6.45, 7) is 3.37. The van der Waals surface area contributed by atoms with Gasteiger partial charge in [-0.2, -0.15) is 5.10 Å². The third kappa shape index (κ3) is 3.55. The van der Waals surface area contributed by atoms with Gasteiger partial charge in [0.1, 0.15) is 4.99 Å². The topological polar surface area (TPSA) is 65.1 Å². The van der Waals surface area contributed by atoms with Crippen molar-refractivity contribution in [3.05, 3.63) is 41.7 Å². The molecular weight excluding hydrogens is 272 g/mol. The van der Waals surface area contributed by atoms with Gasteiger partial charge in [-0.25, -0.2) is 0 Å². The highest BCUT2D eigenvalue weighted by Gasteiger charge is 2.07. The molecule has 0 spiro atoms. The number of aromatic nitrogens is 2. The van der Waals surface area contributed by atoms with Gasteiger partial charge in [-0.3, -0.25) is 4.68 Å². The molecule has 6 heteroatoms. The van der Waals surface area contributed by atoms with E-state index < -0.39 is 0 Å². The summed E-state index contributed by atoms with van der Waals surface area (Å²) in [6, 6.07) is 5.93. The van der Waals surface area contributed by atoms with Gasteiger partial charge in [0.25, 0.3) is 0 Å². The van der Waals surface area contributed by atoms with Crippen LogP contribution in [0.5, 0.6) is 0 Å². The van der Waals surface area contributed by atoms with E-state index in [0.29, 0.717) is 18.1 Å². The van der Waals surface area contributed by atoms with E-state index in [2.05, 4.69) is 10.4 Å². The molecule has 106 valence electrons. The minimum Gasteiger partial charge on any atom is -0.389 e. The molecule has 2 rings (SSSR count). The molecule has 1 heterocycles. The van der Waals surface area contributed by atoms with Gasteiger partial charge in [0.15, 0.2) is 0 Å². The van der Waals surface area contributed by atoms with Gasteiger partial charge in [-0.05, 0) is 24.6 Å². The molecule has 1 aromatic carbocycles. The summed E-state index contributed by atoms with van der Waals surface area (Å²) in [5, 5.41) is 7.56. The summed E-state index contributed by atoms with van der Waals surface area (Å²) in [5.41, 5.74) is 9.50. The predicted molar refractivity (Wildman–Crippen MR) is 84.5 cm³/mol. The maximum atomic E-state index is 5.74. The van der Waals surface area contributed by atoms with E-state index in [1.54, 1.807) is 13.3 Å². The number of nitrogens with two attached hydrogens (primary N) is 1. The van der Waals surface area contributed by atoms with Gasteiger partial charge < -0.3 is 15.8 Å². The molecule has 3 N–H and O–H groups in total. The summed E-state index contributed by atoms with van der Waals surface area (Å²) >= 11 is 5.07. The van der Waals surface area contributed by atoms with E-state index in [4.69, 9.17) is 22.7 Å². The predicted octanol–water partition coefficient (Wildman–Crippen LogP) is 2.22. The number of rotatable bonds is 6. The minimum atomic E-state index is 0.374.